The first-order valence-corrected chi connectivity index (χ1v) is 12.9. The van der Waals surface area contributed by atoms with Crippen LogP contribution >= 0.6 is 11.9 Å². The number of aliphatic imine (C=N–C) groups is 1. The first-order valence-electron chi connectivity index (χ1n) is 12.1. The highest BCUT2D eigenvalue weighted by molar-refractivity contribution is 7.97. The van der Waals surface area contributed by atoms with Crippen molar-refractivity contribution in [3.8, 4) is 11.1 Å². The Bertz CT molecular complexity index is 1070. The minimum Gasteiger partial charge on any atom is -0.387 e. The number of nitrogens with one attached hydrogen (secondary N) is 1. The van der Waals surface area contributed by atoms with E-state index in [1.807, 2.05) is 35.5 Å². The van der Waals surface area contributed by atoms with Gasteiger partial charge >= 0.3 is 0 Å². The van der Waals surface area contributed by atoms with E-state index in [1.165, 1.54) is 0 Å². The van der Waals surface area contributed by atoms with Crippen LogP contribution in [-0.2, 0) is 4.79 Å². The maximum atomic E-state index is 13.2. The molecule has 2 aliphatic heterocycles. The van der Waals surface area contributed by atoms with Gasteiger partial charge < -0.3 is 16.0 Å². The molecular formula is C26H34N6OS. The summed E-state index contributed by atoms with van der Waals surface area (Å²) in [6, 6.07) is 8.31. The van der Waals surface area contributed by atoms with Crippen LogP contribution in [0.15, 0.2) is 52.1 Å². The molecule has 2 aliphatic rings. The fourth-order valence-corrected chi connectivity index (χ4v) is 5.23. The summed E-state index contributed by atoms with van der Waals surface area (Å²) >= 11 is 1.75. The molecule has 2 aromatic rings. The number of benzene rings is 1. The number of carbonyl (C=O) groups excluding carboxylic acids is 1. The Hall–Kier alpha value is -2.68. The molecule has 0 spiro atoms. The maximum Gasteiger partial charge on any atom is 0.250 e. The van der Waals surface area contributed by atoms with Gasteiger partial charge in [0, 0.05) is 79.7 Å². The van der Waals surface area contributed by atoms with Crippen LogP contribution < -0.4 is 11.1 Å². The number of amidine groups is 1. The number of hydrogen-bond donors (Lipinski definition) is 2. The van der Waals surface area contributed by atoms with Gasteiger partial charge in [-0.05, 0) is 48.6 Å². The van der Waals surface area contributed by atoms with Crippen molar-refractivity contribution < 1.29 is 4.79 Å². The van der Waals surface area contributed by atoms with Gasteiger partial charge in [0.2, 0.25) is 5.91 Å². The van der Waals surface area contributed by atoms with Crippen LogP contribution in [0.25, 0.3) is 17.2 Å². The fourth-order valence-electron chi connectivity index (χ4n) is 4.28. The van der Waals surface area contributed by atoms with Gasteiger partial charge in [0.1, 0.15) is 5.84 Å². The summed E-state index contributed by atoms with van der Waals surface area (Å²) in [6.07, 6.45) is 7.98. The molecule has 3 N–H and O–H groups in total. The van der Waals surface area contributed by atoms with Gasteiger partial charge in [0.25, 0.3) is 0 Å². The molecule has 1 amide bonds. The molecule has 1 aromatic heterocycles. The van der Waals surface area contributed by atoms with E-state index in [4.69, 9.17) is 5.73 Å². The predicted octanol–water partition coefficient (Wildman–Crippen LogP) is 4.09. The highest BCUT2D eigenvalue weighted by Crippen LogP contribution is 2.33. The fraction of sp³-hybridized carbons (Fsp3) is 0.423. The maximum absolute atomic E-state index is 13.2. The van der Waals surface area contributed by atoms with Crippen LogP contribution in [0.3, 0.4) is 0 Å². The first-order chi connectivity index (χ1) is 16.6. The molecule has 8 heteroatoms. The number of rotatable bonds is 8. The second-order valence-electron chi connectivity index (χ2n) is 8.69. The third kappa shape index (κ3) is 6.05. The van der Waals surface area contributed by atoms with Crippen LogP contribution in [-0.4, -0.2) is 65.2 Å². The van der Waals surface area contributed by atoms with Crippen molar-refractivity contribution in [2.75, 3.05) is 39.3 Å². The Morgan fingerprint density at radius 2 is 1.88 bits per heavy atom. The normalized spacial score (nSPS) is 16.3. The van der Waals surface area contributed by atoms with E-state index >= 15 is 0 Å². The topological polar surface area (TPSA) is 86.9 Å². The van der Waals surface area contributed by atoms with Gasteiger partial charge in [-0.2, -0.15) is 0 Å². The molecule has 1 aromatic carbocycles. The minimum absolute atomic E-state index is 0.0561. The lowest BCUT2D eigenvalue weighted by molar-refractivity contribution is -0.127. The molecule has 3 heterocycles. The van der Waals surface area contributed by atoms with Crippen LogP contribution in [0.1, 0.15) is 38.7 Å². The Labute approximate surface area is 206 Å². The number of pyridine rings is 1. The molecular weight excluding hydrogens is 444 g/mol. The van der Waals surface area contributed by atoms with Crippen molar-refractivity contribution in [3.05, 3.63) is 47.8 Å². The van der Waals surface area contributed by atoms with Crippen LogP contribution in [0.4, 0.5) is 5.69 Å². The molecule has 0 unspecified atom stereocenters. The SMILES string of the molecule is CCCN(CCC)C(=O)C1=Cc2ccc(-c3cncc(SN4CCNCC4)c3)cc2N=C(N)C1. The molecule has 180 valence electrons. The van der Waals surface area contributed by atoms with Crippen LogP contribution in [0.2, 0.25) is 0 Å². The summed E-state index contributed by atoms with van der Waals surface area (Å²) < 4.78 is 2.36. The lowest BCUT2D eigenvalue weighted by atomic mass is 10.0. The zero-order chi connectivity index (χ0) is 23.9. The van der Waals surface area contributed by atoms with Gasteiger partial charge in [0.05, 0.1) is 5.69 Å². The predicted molar refractivity (Wildman–Crippen MR) is 141 cm³/mol. The van der Waals surface area contributed by atoms with E-state index in [0.717, 1.165) is 79.4 Å². The third-order valence-electron chi connectivity index (χ3n) is 5.90. The zero-order valence-electron chi connectivity index (χ0n) is 20.1. The van der Waals surface area contributed by atoms with Gasteiger partial charge in [0.15, 0.2) is 0 Å². The number of fused-ring (bicyclic) bond motifs is 1. The molecule has 0 saturated carbocycles. The Balaban J connectivity index is 1.59. The highest BCUT2D eigenvalue weighted by atomic mass is 32.2. The van der Waals surface area contributed by atoms with E-state index in [9.17, 15) is 4.79 Å². The number of nitrogens with two attached hydrogens (primary N) is 1. The smallest absolute Gasteiger partial charge is 0.250 e. The second kappa shape index (κ2) is 11.6. The monoisotopic (exact) mass is 478 g/mol. The summed E-state index contributed by atoms with van der Waals surface area (Å²) in [4.78, 5) is 25.4. The standard InChI is InChI=1S/C26H34N6OS/c1-3-9-31(10-4-2)26(33)21-13-20-6-5-19(15-24(20)30-25(27)16-21)22-14-23(18-29-17-22)34-32-11-7-28-8-12-32/h5-6,13-15,17-18,28H,3-4,7-12,16H2,1-2H3,(H2,27,30). The average Bonchev–Trinajstić information content (AvgIpc) is 3.01. The van der Waals surface area contributed by atoms with Gasteiger partial charge in [-0.1, -0.05) is 26.0 Å². The lowest BCUT2D eigenvalue weighted by Gasteiger charge is -2.25. The van der Waals surface area contributed by atoms with Gasteiger partial charge in [-0.15, -0.1) is 0 Å². The Morgan fingerprint density at radius 1 is 1.12 bits per heavy atom. The van der Waals surface area contributed by atoms with E-state index in [0.29, 0.717) is 17.8 Å². The van der Waals surface area contributed by atoms with Crippen molar-refractivity contribution in [2.24, 2.45) is 10.7 Å². The number of hydrogen-bond acceptors (Lipinski definition) is 7. The quantitative estimate of drug-likeness (QED) is 0.556. The molecule has 1 saturated heterocycles. The van der Waals surface area contributed by atoms with Crippen LogP contribution in [0, 0.1) is 0 Å². The second-order valence-corrected chi connectivity index (χ2v) is 9.87. The average molecular weight is 479 g/mol. The molecule has 0 radical (unpaired) electrons. The summed E-state index contributed by atoms with van der Waals surface area (Å²) in [6.45, 7) is 9.75. The summed E-state index contributed by atoms with van der Waals surface area (Å²) in [5.41, 5.74) is 10.7. The number of amides is 1. The number of carbonyl (C=O) groups is 1. The van der Waals surface area contributed by atoms with Crippen molar-refractivity contribution in [3.63, 3.8) is 0 Å². The van der Waals surface area contributed by atoms with Crippen molar-refractivity contribution in [2.45, 2.75) is 38.0 Å². The molecule has 1 fully saturated rings. The van der Waals surface area contributed by atoms with Crippen molar-refractivity contribution in [1.82, 2.24) is 19.5 Å². The van der Waals surface area contributed by atoms with Crippen molar-refractivity contribution in [1.29, 1.82) is 0 Å². The first kappa shape index (κ1) is 24.4. The molecule has 7 nitrogen and oxygen atoms in total. The number of nitrogens with zero attached hydrogens (tertiary/aromatic N) is 4. The molecule has 0 atom stereocenters. The van der Waals surface area contributed by atoms with Crippen LogP contribution in [0.5, 0.6) is 0 Å². The summed E-state index contributed by atoms with van der Waals surface area (Å²) in [5.74, 6) is 0.519. The molecule has 4 rings (SSSR count). The summed E-state index contributed by atoms with van der Waals surface area (Å²) in [7, 11) is 0. The molecule has 0 aliphatic carbocycles. The van der Waals surface area contributed by atoms with E-state index in [1.54, 1.807) is 11.9 Å². The molecule has 34 heavy (non-hydrogen) atoms. The van der Waals surface area contributed by atoms with Gasteiger partial charge in [-0.3, -0.25) is 9.78 Å². The Kier molecular flexibility index (Phi) is 8.37. The van der Waals surface area contributed by atoms with E-state index in [2.05, 4.69) is 45.6 Å². The zero-order valence-corrected chi connectivity index (χ0v) is 20.9. The third-order valence-corrected chi connectivity index (χ3v) is 6.96. The summed E-state index contributed by atoms with van der Waals surface area (Å²) in [5, 5.41) is 3.38. The van der Waals surface area contributed by atoms with Gasteiger partial charge in [-0.25, -0.2) is 9.30 Å². The Morgan fingerprint density at radius 3 is 2.62 bits per heavy atom. The molecule has 0 bridgehead atoms. The number of piperazine rings is 1. The van der Waals surface area contributed by atoms with Crippen molar-refractivity contribution >= 4 is 35.5 Å². The van der Waals surface area contributed by atoms with E-state index in [-0.39, 0.29) is 5.91 Å². The highest BCUT2D eigenvalue weighted by Gasteiger charge is 2.21. The minimum atomic E-state index is 0.0561. The lowest BCUT2D eigenvalue weighted by Crippen LogP contribution is -2.39. The van der Waals surface area contributed by atoms with E-state index < -0.39 is 0 Å². The number of aromatic nitrogens is 1. The largest absolute Gasteiger partial charge is 0.387 e.